The number of aromatic amines is 1. The van der Waals surface area contributed by atoms with Gasteiger partial charge in [0.05, 0.1) is 7.11 Å². The molecule has 0 unspecified atom stereocenters. The summed E-state index contributed by atoms with van der Waals surface area (Å²) in [4.78, 5) is 16.9. The average molecular weight is 156 g/mol. The molecule has 0 amide bonds. The first-order valence-corrected chi connectivity index (χ1v) is 2.99. The van der Waals surface area contributed by atoms with Gasteiger partial charge in [0.1, 0.15) is 5.82 Å². The fourth-order valence-electron chi connectivity index (χ4n) is 0.744. The third-order valence-corrected chi connectivity index (χ3v) is 1.18. The van der Waals surface area contributed by atoms with Gasteiger partial charge in [0, 0.05) is 0 Å². The van der Waals surface area contributed by atoms with E-state index in [-0.39, 0.29) is 11.6 Å². The summed E-state index contributed by atoms with van der Waals surface area (Å²) in [6, 6.07) is 0. The predicted molar refractivity (Wildman–Crippen MR) is 37.8 cm³/mol. The van der Waals surface area contributed by atoms with Crippen molar-refractivity contribution >= 4 is 0 Å². The van der Waals surface area contributed by atoms with Crippen molar-refractivity contribution in [3.63, 3.8) is 0 Å². The summed E-state index contributed by atoms with van der Waals surface area (Å²) >= 11 is 0. The molecule has 0 fully saturated rings. The number of aromatic hydroxyl groups is 1. The van der Waals surface area contributed by atoms with Crippen molar-refractivity contribution in [1.29, 1.82) is 0 Å². The first-order chi connectivity index (χ1) is 5.15. The van der Waals surface area contributed by atoms with Crippen LogP contribution in [0.4, 0.5) is 0 Å². The lowest BCUT2D eigenvalue weighted by molar-refractivity contribution is 0.355. The predicted octanol–water partition coefficient (Wildman–Crippen LogP) is -0.207. The Morgan fingerprint density at radius 3 is 2.73 bits per heavy atom. The van der Waals surface area contributed by atoms with E-state index in [9.17, 15) is 4.79 Å². The van der Waals surface area contributed by atoms with Crippen LogP contribution in [-0.2, 0) is 0 Å². The number of aryl methyl sites for hydroxylation is 1. The molecule has 0 atom stereocenters. The van der Waals surface area contributed by atoms with E-state index in [0.29, 0.717) is 5.82 Å². The summed E-state index contributed by atoms with van der Waals surface area (Å²) in [5.74, 6) is -0.183. The fraction of sp³-hybridized carbons (Fsp3) is 0.333. The zero-order valence-electron chi connectivity index (χ0n) is 6.21. The lowest BCUT2D eigenvalue weighted by atomic mass is 10.5. The molecule has 0 saturated heterocycles. The monoisotopic (exact) mass is 156 g/mol. The van der Waals surface area contributed by atoms with Gasteiger partial charge in [-0.05, 0) is 6.92 Å². The number of hydrogen-bond acceptors (Lipinski definition) is 4. The van der Waals surface area contributed by atoms with Crippen LogP contribution in [0.3, 0.4) is 0 Å². The maximum absolute atomic E-state index is 10.9. The molecule has 1 aromatic heterocycles. The van der Waals surface area contributed by atoms with Crippen molar-refractivity contribution in [2.24, 2.45) is 0 Å². The highest BCUT2D eigenvalue weighted by atomic mass is 16.5. The molecule has 0 aliphatic carbocycles. The van der Waals surface area contributed by atoms with Crippen LogP contribution in [0.5, 0.6) is 11.6 Å². The van der Waals surface area contributed by atoms with E-state index in [1.165, 1.54) is 7.11 Å². The zero-order valence-corrected chi connectivity index (χ0v) is 6.21. The van der Waals surface area contributed by atoms with Gasteiger partial charge in [0.25, 0.3) is 11.4 Å². The molecule has 0 bridgehead atoms. The topological polar surface area (TPSA) is 75.2 Å². The van der Waals surface area contributed by atoms with Crippen molar-refractivity contribution in [2.45, 2.75) is 6.92 Å². The van der Waals surface area contributed by atoms with Gasteiger partial charge in [0.2, 0.25) is 5.75 Å². The largest absolute Gasteiger partial charge is 0.490 e. The molecule has 0 spiro atoms. The Morgan fingerprint density at radius 1 is 1.64 bits per heavy atom. The lowest BCUT2D eigenvalue weighted by Crippen LogP contribution is -2.11. The zero-order chi connectivity index (χ0) is 8.43. The van der Waals surface area contributed by atoms with E-state index in [4.69, 9.17) is 5.11 Å². The van der Waals surface area contributed by atoms with Gasteiger partial charge in [0.15, 0.2) is 0 Å². The maximum Gasteiger partial charge on any atom is 0.297 e. The van der Waals surface area contributed by atoms with Crippen LogP contribution in [0.25, 0.3) is 0 Å². The van der Waals surface area contributed by atoms with Crippen molar-refractivity contribution in [1.82, 2.24) is 9.97 Å². The number of ether oxygens (including phenoxy) is 1. The number of hydrogen-bond donors (Lipinski definition) is 2. The van der Waals surface area contributed by atoms with Crippen LogP contribution >= 0.6 is 0 Å². The van der Waals surface area contributed by atoms with E-state index in [0.717, 1.165) is 0 Å². The second kappa shape index (κ2) is 2.61. The Morgan fingerprint density at radius 2 is 2.27 bits per heavy atom. The second-order valence-corrected chi connectivity index (χ2v) is 2.01. The van der Waals surface area contributed by atoms with E-state index in [1.54, 1.807) is 6.92 Å². The Kier molecular flexibility index (Phi) is 1.80. The van der Waals surface area contributed by atoms with Crippen LogP contribution in [0.15, 0.2) is 4.79 Å². The second-order valence-electron chi connectivity index (χ2n) is 2.01. The van der Waals surface area contributed by atoms with Crippen molar-refractivity contribution < 1.29 is 9.84 Å². The van der Waals surface area contributed by atoms with Crippen molar-refractivity contribution in [3.8, 4) is 11.6 Å². The van der Waals surface area contributed by atoms with Gasteiger partial charge in [-0.25, -0.2) is 0 Å². The minimum absolute atomic E-state index is 0.157. The van der Waals surface area contributed by atoms with Gasteiger partial charge in [-0.1, -0.05) is 0 Å². The van der Waals surface area contributed by atoms with Gasteiger partial charge in [-0.3, -0.25) is 4.79 Å². The minimum Gasteiger partial charge on any atom is -0.490 e. The molecule has 5 nitrogen and oxygen atoms in total. The summed E-state index contributed by atoms with van der Waals surface area (Å²) in [6.07, 6.45) is 0. The maximum atomic E-state index is 10.9. The quantitative estimate of drug-likeness (QED) is 0.590. The highest BCUT2D eigenvalue weighted by Crippen LogP contribution is 2.15. The number of nitrogens with one attached hydrogen (secondary N) is 1. The molecular formula is C6H8N2O3. The third-order valence-electron chi connectivity index (χ3n) is 1.18. The van der Waals surface area contributed by atoms with E-state index in [1.807, 2.05) is 0 Å². The number of nitrogens with zero attached hydrogens (tertiary/aromatic N) is 1. The minimum atomic E-state index is -0.475. The number of aromatic nitrogens is 2. The third kappa shape index (κ3) is 1.31. The highest BCUT2D eigenvalue weighted by molar-refractivity contribution is 5.28. The van der Waals surface area contributed by atoms with Crippen LogP contribution in [0.2, 0.25) is 0 Å². The van der Waals surface area contributed by atoms with Gasteiger partial charge >= 0.3 is 0 Å². The summed E-state index contributed by atoms with van der Waals surface area (Å²) < 4.78 is 4.57. The molecule has 0 radical (unpaired) electrons. The van der Waals surface area contributed by atoms with E-state index in [2.05, 4.69) is 14.7 Å². The molecule has 60 valence electrons. The van der Waals surface area contributed by atoms with Crippen molar-refractivity contribution in [2.75, 3.05) is 7.11 Å². The van der Waals surface area contributed by atoms with E-state index >= 15 is 0 Å². The first kappa shape index (κ1) is 7.59. The van der Waals surface area contributed by atoms with E-state index < -0.39 is 5.56 Å². The summed E-state index contributed by atoms with van der Waals surface area (Å²) in [7, 11) is 1.29. The van der Waals surface area contributed by atoms with Gasteiger partial charge in [-0.15, -0.1) is 0 Å². The number of rotatable bonds is 1. The van der Waals surface area contributed by atoms with Crippen molar-refractivity contribution in [3.05, 3.63) is 16.2 Å². The normalized spacial score (nSPS) is 9.64. The highest BCUT2D eigenvalue weighted by Gasteiger charge is 2.07. The Hall–Kier alpha value is -1.52. The lowest BCUT2D eigenvalue weighted by Gasteiger charge is -2.00. The Bertz CT molecular complexity index is 318. The average Bonchev–Trinajstić information content (AvgIpc) is 1.85. The summed E-state index contributed by atoms with van der Waals surface area (Å²) in [5, 5.41) is 9.02. The molecule has 1 heterocycles. The Labute approximate surface area is 62.7 Å². The first-order valence-electron chi connectivity index (χ1n) is 2.99. The van der Waals surface area contributed by atoms with Gasteiger partial charge < -0.3 is 14.8 Å². The molecule has 1 rings (SSSR count). The molecular weight excluding hydrogens is 148 g/mol. The molecule has 0 aromatic carbocycles. The van der Waals surface area contributed by atoms with Crippen LogP contribution in [0, 0.1) is 6.92 Å². The molecule has 11 heavy (non-hydrogen) atoms. The molecule has 1 aromatic rings. The van der Waals surface area contributed by atoms with Crippen LogP contribution < -0.4 is 10.3 Å². The molecule has 0 saturated carbocycles. The van der Waals surface area contributed by atoms with Gasteiger partial charge in [-0.2, -0.15) is 4.98 Å². The number of H-pyrrole nitrogens is 1. The van der Waals surface area contributed by atoms with Crippen LogP contribution in [-0.4, -0.2) is 22.2 Å². The fourth-order valence-corrected chi connectivity index (χ4v) is 0.744. The van der Waals surface area contributed by atoms with Crippen LogP contribution in [0.1, 0.15) is 5.82 Å². The Balaban J connectivity index is 3.37. The smallest absolute Gasteiger partial charge is 0.297 e. The molecule has 0 aliphatic heterocycles. The standard InChI is InChI=1S/C6H8N2O3/c1-3-7-5(9)4(11-2)6(10)8-3/h1-2H3,(H2,7,8,9,10). The molecule has 5 heteroatoms. The SMILES string of the molecule is COc1c(O)nc(C)[nH]c1=O. The number of methoxy groups -OCH3 is 1. The summed E-state index contributed by atoms with van der Waals surface area (Å²) in [5.41, 5.74) is -0.475. The molecule has 2 N–H and O–H groups in total. The summed E-state index contributed by atoms with van der Waals surface area (Å²) in [6.45, 7) is 1.57. The molecule has 0 aliphatic rings.